The van der Waals surface area contributed by atoms with E-state index in [0.717, 1.165) is 4.90 Å². The number of carbonyl (C=O) groups is 2. The van der Waals surface area contributed by atoms with Gasteiger partial charge in [0.25, 0.3) is 11.8 Å². The maximum Gasteiger partial charge on any atom is 0.256 e. The summed E-state index contributed by atoms with van der Waals surface area (Å²) in [4.78, 5) is 24.7. The third kappa shape index (κ3) is 3.16. The number of amides is 2. The first-order valence-electron chi connectivity index (χ1n) is 5.85. The Morgan fingerprint density at radius 1 is 1.12 bits per heavy atom. The average molecular weight is 239 g/mol. The van der Waals surface area contributed by atoms with E-state index in [1.165, 1.54) is 0 Å². The van der Waals surface area contributed by atoms with Gasteiger partial charge in [-0.25, -0.2) is 0 Å². The van der Waals surface area contributed by atoms with Gasteiger partial charge >= 0.3 is 0 Å². The zero-order chi connectivity index (χ0) is 13.4. The molecule has 0 saturated carbocycles. The predicted molar refractivity (Wildman–Crippen MR) is 65.2 cm³/mol. The molecule has 1 aliphatic rings. The molecule has 0 aromatic heterocycles. The van der Waals surface area contributed by atoms with Crippen LogP contribution in [0.25, 0.3) is 0 Å². The van der Waals surface area contributed by atoms with Crippen LogP contribution in [0.4, 0.5) is 0 Å². The minimum atomic E-state index is -0.665. The van der Waals surface area contributed by atoms with E-state index in [1.807, 2.05) is 20.8 Å². The van der Waals surface area contributed by atoms with Gasteiger partial charge in [-0.05, 0) is 25.7 Å². The first-order valence-corrected chi connectivity index (χ1v) is 5.85. The third-order valence-corrected chi connectivity index (χ3v) is 2.94. The third-order valence-electron chi connectivity index (χ3n) is 2.94. The van der Waals surface area contributed by atoms with Crippen LogP contribution in [-0.2, 0) is 9.59 Å². The highest BCUT2D eigenvalue weighted by molar-refractivity contribution is 6.18. The van der Waals surface area contributed by atoms with Crippen LogP contribution in [0.15, 0.2) is 11.1 Å². The first-order chi connectivity index (χ1) is 7.63. The quantitative estimate of drug-likeness (QED) is 0.759. The number of β-amino-alcohol motifs (C(OH)–C–C–N with tert-alkyl or cyclic N) is 1. The molecule has 0 fully saturated rings. The van der Waals surface area contributed by atoms with Gasteiger partial charge < -0.3 is 5.11 Å². The summed E-state index contributed by atoms with van der Waals surface area (Å²) in [5.74, 6) is -0.555. The zero-order valence-corrected chi connectivity index (χ0v) is 11.2. The number of rotatable bonds is 3. The molecule has 1 heterocycles. The van der Waals surface area contributed by atoms with Gasteiger partial charge in [0, 0.05) is 11.1 Å². The van der Waals surface area contributed by atoms with Gasteiger partial charge in [-0.3, -0.25) is 14.5 Å². The van der Waals surface area contributed by atoms with Gasteiger partial charge in [-0.1, -0.05) is 20.8 Å². The van der Waals surface area contributed by atoms with Gasteiger partial charge in [0.05, 0.1) is 12.6 Å². The molecular formula is C13H21NO3. The molecule has 0 bridgehead atoms. The largest absolute Gasteiger partial charge is 0.391 e. The van der Waals surface area contributed by atoms with E-state index in [9.17, 15) is 14.7 Å². The van der Waals surface area contributed by atoms with Crippen LogP contribution < -0.4 is 0 Å². The number of aliphatic hydroxyl groups excluding tert-OH is 1. The minimum absolute atomic E-state index is 0.0250. The molecule has 1 rings (SSSR count). The molecule has 0 aliphatic carbocycles. The molecule has 1 aliphatic heterocycles. The van der Waals surface area contributed by atoms with E-state index >= 15 is 0 Å². The maximum atomic E-state index is 11.8. The SMILES string of the molecule is CC1=C(C)C(=O)N(CC(O)CC(C)(C)C)C1=O. The number of carbonyl (C=O) groups excluding carboxylic acids is 2. The van der Waals surface area contributed by atoms with Gasteiger partial charge in [-0.2, -0.15) is 0 Å². The van der Waals surface area contributed by atoms with Crippen molar-refractivity contribution in [1.29, 1.82) is 0 Å². The number of hydrogen-bond donors (Lipinski definition) is 1. The predicted octanol–water partition coefficient (Wildman–Crippen LogP) is 1.49. The first kappa shape index (κ1) is 13.9. The highest BCUT2D eigenvalue weighted by Gasteiger charge is 2.34. The molecule has 1 N–H and O–H groups in total. The lowest BCUT2D eigenvalue weighted by molar-refractivity contribution is -0.139. The van der Waals surface area contributed by atoms with Crippen molar-refractivity contribution >= 4 is 11.8 Å². The van der Waals surface area contributed by atoms with Crippen LogP contribution in [-0.4, -0.2) is 34.5 Å². The fraction of sp³-hybridized carbons (Fsp3) is 0.692. The molecule has 1 atom stereocenters. The summed E-state index contributed by atoms with van der Waals surface area (Å²) in [7, 11) is 0. The molecule has 4 heteroatoms. The fourth-order valence-electron chi connectivity index (χ4n) is 1.97. The van der Waals surface area contributed by atoms with Crippen LogP contribution in [0.2, 0.25) is 0 Å². The van der Waals surface area contributed by atoms with E-state index in [1.54, 1.807) is 13.8 Å². The Hall–Kier alpha value is -1.16. The van der Waals surface area contributed by atoms with E-state index in [4.69, 9.17) is 0 Å². The van der Waals surface area contributed by atoms with Crippen LogP contribution in [0.1, 0.15) is 41.0 Å². The molecule has 0 aromatic carbocycles. The van der Waals surface area contributed by atoms with Crippen molar-refractivity contribution in [3.8, 4) is 0 Å². The Balaban J connectivity index is 2.67. The van der Waals surface area contributed by atoms with Crippen LogP contribution in [0.5, 0.6) is 0 Å². The maximum absolute atomic E-state index is 11.8. The topological polar surface area (TPSA) is 57.6 Å². The second-order valence-corrected chi connectivity index (χ2v) is 5.89. The van der Waals surface area contributed by atoms with Crippen molar-refractivity contribution in [3.63, 3.8) is 0 Å². The van der Waals surface area contributed by atoms with Crippen LogP contribution >= 0.6 is 0 Å². The summed E-state index contributed by atoms with van der Waals surface area (Å²) < 4.78 is 0. The molecule has 4 nitrogen and oxygen atoms in total. The number of imide groups is 1. The Morgan fingerprint density at radius 2 is 1.53 bits per heavy atom. The van der Waals surface area contributed by atoms with Gasteiger partial charge in [0.1, 0.15) is 0 Å². The summed E-state index contributed by atoms with van der Waals surface area (Å²) in [5.41, 5.74) is 0.943. The highest BCUT2D eigenvalue weighted by Crippen LogP contribution is 2.24. The number of hydrogen-bond acceptors (Lipinski definition) is 3. The van der Waals surface area contributed by atoms with Crippen molar-refractivity contribution < 1.29 is 14.7 Å². The molecule has 96 valence electrons. The van der Waals surface area contributed by atoms with Crippen molar-refractivity contribution in [1.82, 2.24) is 4.90 Å². The Labute approximate surface area is 102 Å². The monoisotopic (exact) mass is 239 g/mol. The summed E-state index contributed by atoms with van der Waals surface area (Å²) in [6.07, 6.45) is -0.107. The average Bonchev–Trinajstić information content (AvgIpc) is 2.33. The lowest BCUT2D eigenvalue weighted by Crippen LogP contribution is -2.39. The van der Waals surface area contributed by atoms with E-state index in [2.05, 4.69) is 0 Å². The zero-order valence-electron chi connectivity index (χ0n) is 11.2. The highest BCUT2D eigenvalue weighted by atomic mass is 16.3. The van der Waals surface area contributed by atoms with Gasteiger partial charge in [0.2, 0.25) is 0 Å². The Bertz CT molecular complexity index is 353. The molecule has 0 radical (unpaired) electrons. The van der Waals surface area contributed by atoms with Gasteiger partial charge in [0.15, 0.2) is 0 Å². The Morgan fingerprint density at radius 3 is 1.88 bits per heavy atom. The molecule has 0 saturated heterocycles. The minimum Gasteiger partial charge on any atom is -0.391 e. The fourth-order valence-corrected chi connectivity index (χ4v) is 1.97. The Kier molecular flexibility index (Phi) is 3.77. The molecule has 0 spiro atoms. The van der Waals surface area contributed by atoms with E-state index < -0.39 is 6.10 Å². The lowest BCUT2D eigenvalue weighted by Gasteiger charge is -2.25. The summed E-state index contributed by atoms with van der Waals surface area (Å²) in [5, 5.41) is 9.89. The smallest absolute Gasteiger partial charge is 0.256 e. The molecular weight excluding hydrogens is 218 g/mol. The van der Waals surface area contributed by atoms with E-state index in [-0.39, 0.29) is 23.8 Å². The lowest BCUT2D eigenvalue weighted by atomic mass is 9.89. The van der Waals surface area contributed by atoms with Crippen molar-refractivity contribution in [2.75, 3.05) is 6.54 Å². The molecule has 17 heavy (non-hydrogen) atoms. The second kappa shape index (κ2) is 4.61. The van der Waals surface area contributed by atoms with Crippen molar-refractivity contribution in [3.05, 3.63) is 11.1 Å². The van der Waals surface area contributed by atoms with Crippen LogP contribution in [0.3, 0.4) is 0 Å². The second-order valence-electron chi connectivity index (χ2n) is 5.89. The molecule has 0 aromatic rings. The van der Waals surface area contributed by atoms with Gasteiger partial charge in [-0.15, -0.1) is 0 Å². The number of nitrogens with zero attached hydrogens (tertiary/aromatic N) is 1. The van der Waals surface area contributed by atoms with E-state index in [0.29, 0.717) is 17.6 Å². The van der Waals surface area contributed by atoms with Crippen LogP contribution in [0, 0.1) is 5.41 Å². The van der Waals surface area contributed by atoms with Crippen molar-refractivity contribution in [2.24, 2.45) is 5.41 Å². The summed E-state index contributed by atoms with van der Waals surface area (Å²) >= 11 is 0. The summed E-state index contributed by atoms with van der Waals surface area (Å²) in [6, 6.07) is 0. The normalized spacial score (nSPS) is 19.3. The molecule has 2 amide bonds. The standard InChI is InChI=1S/C13H21NO3/c1-8-9(2)12(17)14(11(8)16)7-10(15)6-13(3,4)5/h10,15H,6-7H2,1-5H3. The molecule has 1 unspecified atom stereocenters. The number of aliphatic hydroxyl groups is 1. The summed E-state index contributed by atoms with van der Waals surface area (Å²) in [6.45, 7) is 9.41. The van der Waals surface area contributed by atoms with Crippen molar-refractivity contribution in [2.45, 2.75) is 47.1 Å².